The minimum atomic E-state index is 0.628. The van der Waals surface area contributed by atoms with Gasteiger partial charge >= 0.3 is 0 Å². The van der Waals surface area contributed by atoms with Gasteiger partial charge in [0.25, 0.3) is 0 Å². The average molecular weight is 796 g/mol. The summed E-state index contributed by atoms with van der Waals surface area (Å²) in [6, 6.07) is 79.3. The van der Waals surface area contributed by atoms with E-state index in [1.54, 1.807) is 0 Å². The highest BCUT2D eigenvalue weighted by molar-refractivity contribution is 7.26. The third-order valence-electron chi connectivity index (χ3n) is 11.3. The SMILES string of the molecule is c1ccc(-c2cccc(-c3nc(-c4ccc(-c5cccc6c5sc5c(-c7ccccc7)cc(-c7ccccc7)cc56)cc4)nc(-c4cccc(-c5ccccc5)c4)n3)c2)cc1. The summed E-state index contributed by atoms with van der Waals surface area (Å²) < 4.78 is 2.57. The van der Waals surface area contributed by atoms with Crippen LogP contribution in [0.3, 0.4) is 0 Å². The first-order chi connectivity index (χ1) is 30.2. The minimum absolute atomic E-state index is 0.628. The second-order valence-electron chi connectivity index (χ2n) is 15.2. The van der Waals surface area contributed by atoms with Crippen LogP contribution in [0.2, 0.25) is 0 Å². The van der Waals surface area contributed by atoms with Gasteiger partial charge in [0, 0.05) is 42.4 Å². The molecule has 61 heavy (non-hydrogen) atoms. The molecule has 0 aliphatic carbocycles. The summed E-state index contributed by atoms with van der Waals surface area (Å²) >= 11 is 1.87. The van der Waals surface area contributed by atoms with Gasteiger partial charge in [0.1, 0.15) is 0 Å². The molecule has 2 aromatic heterocycles. The van der Waals surface area contributed by atoms with Gasteiger partial charge in [-0.15, -0.1) is 11.3 Å². The molecular weight excluding hydrogens is 759 g/mol. The first-order valence-corrected chi connectivity index (χ1v) is 21.3. The van der Waals surface area contributed by atoms with Gasteiger partial charge in [0.15, 0.2) is 17.5 Å². The molecular formula is C57H37N3S. The third-order valence-corrected chi connectivity index (χ3v) is 12.6. The molecule has 11 aromatic rings. The summed E-state index contributed by atoms with van der Waals surface area (Å²) in [5, 5.41) is 2.54. The minimum Gasteiger partial charge on any atom is -0.208 e. The van der Waals surface area contributed by atoms with Gasteiger partial charge in [-0.1, -0.05) is 200 Å². The summed E-state index contributed by atoms with van der Waals surface area (Å²) in [7, 11) is 0. The summed E-state index contributed by atoms with van der Waals surface area (Å²) in [5.74, 6) is 1.89. The number of aromatic nitrogens is 3. The molecule has 0 saturated carbocycles. The molecule has 0 radical (unpaired) electrons. The van der Waals surface area contributed by atoms with Gasteiger partial charge in [0.2, 0.25) is 0 Å². The van der Waals surface area contributed by atoms with Crippen molar-refractivity contribution in [2.75, 3.05) is 0 Å². The van der Waals surface area contributed by atoms with Gasteiger partial charge in [0.05, 0.1) is 0 Å². The zero-order valence-electron chi connectivity index (χ0n) is 33.1. The van der Waals surface area contributed by atoms with Crippen LogP contribution in [-0.2, 0) is 0 Å². The lowest BCUT2D eigenvalue weighted by molar-refractivity contribution is 1.07. The molecule has 0 N–H and O–H groups in total. The highest BCUT2D eigenvalue weighted by Gasteiger charge is 2.18. The van der Waals surface area contributed by atoms with Crippen molar-refractivity contribution in [2.45, 2.75) is 0 Å². The van der Waals surface area contributed by atoms with Gasteiger partial charge in [-0.3, -0.25) is 0 Å². The number of hydrogen-bond donors (Lipinski definition) is 0. The van der Waals surface area contributed by atoms with E-state index in [2.05, 4.69) is 212 Å². The van der Waals surface area contributed by atoms with E-state index in [0.29, 0.717) is 17.5 Å². The Balaban J connectivity index is 1.02. The van der Waals surface area contributed by atoms with Crippen molar-refractivity contribution >= 4 is 31.5 Å². The zero-order valence-corrected chi connectivity index (χ0v) is 33.9. The van der Waals surface area contributed by atoms with Crippen molar-refractivity contribution in [3.8, 4) is 89.8 Å². The molecule has 0 bridgehead atoms. The summed E-state index contributed by atoms with van der Waals surface area (Å²) in [5.41, 5.74) is 14.6. The van der Waals surface area contributed by atoms with Crippen LogP contribution in [0.1, 0.15) is 0 Å². The van der Waals surface area contributed by atoms with E-state index in [4.69, 9.17) is 15.0 Å². The largest absolute Gasteiger partial charge is 0.208 e. The topological polar surface area (TPSA) is 38.7 Å². The van der Waals surface area contributed by atoms with Crippen LogP contribution in [-0.4, -0.2) is 15.0 Å². The maximum atomic E-state index is 5.15. The fourth-order valence-electron chi connectivity index (χ4n) is 8.26. The first-order valence-electron chi connectivity index (χ1n) is 20.5. The standard InChI is InChI=1S/C57H37N3S/c1-5-16-38(17-6-1)44-24-13-26-46(34-44)56-58-55(59-57(60-56)47-27-14-25-45(35-47)39-18-7-2-8-19-39)43-32-30-42(31-33-43)49-28-15-29-50-52-37-48(40-20-9-3-10-21-40)36-51(54(52)61-53(49)50)41-22-11-4-12-23-41/h1-37H. The monoisotopic (exact) mass is 795 g/mol. The maximum absolute atomic E-state index is 5.15. The Hall–Kier alpha value is -7.79. The van der Waals surface area contributed by atoms with Crippen LogP contribution in [0.25, 0.3) is 110 Å². The molecule has 9 aromatic carbocycles. The summed E-state index contributed by atoms with van der Waals surface area (Å²) in [4.78, 5) is 15.4. The quantitative estimate of drug-likeness (QED) is 0.154. The predicted octanol–water partition coefficient (Wildman–Crippen LogP) is 15.6. The molecule has 11 rings (SSSR count). The Morgan fingerprint density at radius 2 is 0.623 bits per heavy atom. The van der Waals surface area contributed by atoms with E-state index >= 15 is 0 Å². The van der Waals surface area contributed by atoms with E-state index in [-0.39, 0.29) is 0 Å². The summed E-state index contributed by atoms with van der Waals surface area (Å²) in [6.07, 6.45) is 0. The molecule has 4 heteroatoms. The van der Waals surface area contributed by atoms with Crippen molar-refractivity contribution in [1.82, 2.24) is 15.0 Å². The molecule has 0 spiro atoms. The lowest BCUT2D eigenvalue weighted by Gasteiger charge is -2.11. The maximum Gasteiger partial charge on any atom is 0.164 e. The van der Waals surface area contributed by atoms with E-state index in [1.807, 2.05) is 23.5 Å². The van der Waals surface area contributed by atoms with E-state index in [9.17, 15) is 0 Å². The van der Waals surface area contributed by atoms with E-state index < -0.39 is 0 Å². The number of rotatable bonds is 8. The normalized spacial score (nSPS) is 11.3. The third kappa shape index (κ3) is 7.09. The first kappa shape index (κ1) is 36.3. The van der Waals surface area contributed by atoms with Crippen LogP contribution in [0.4, 0.5) is 0 Å². The fraction of sp³-hybridized carbons (Fsp3) is 0. The van der Waals surface area contributed by atoms with Crippen LogP contribution in [0.5, 0.6) is 0 Å². The Labute approximate surface area is 359 Å². The number of benzene rings is 9. The lowest BCUT2D eigenvalue weighted by Crippen LogP contribution is -2.00. The number of nitrogens with zero attached hydrogens (tertiary/aromatic N) is 3. The zero-order chi connectivity index (χ0) is 40.5. The number of thiophene rings is 1. The molecule has 0 amide bonds. The van der Waals surface area contributed by atoms with Crippen molar-refractivity contribution in [3.63, 3.8) is 0 Å². The Kier molecular flexibility index (Phi) is 9.38. The molecule has 0 aliphatic heterocycles. The van der Waals surface area contributed by atoms with Crippen LogP contribution in [0.15, 0.2) is 224 Å². The number of fused-ring (bicyclic) bond motifs is 3. The smallest absolute Gasteiger partial charge is 0.164 e. The predicted molar refractivity (Wildman–Crippen MR) is 256 cm³/mol. The average Bonchev–Trinajstić information content (AvgIpc) is 3.74. The van der Waals surface area contributed by atoms with Gasteiger partial charge in [-0.05, 0) is 74.3 Å². The van der Waals surface area contributed by atoms with Crippen molar-refractivity contribution in [2.24, 2.45) is 0 Å². The lowest BCUT2D eigenvalue weighted by atomic mass is 9.95. The van der Waals surface area contributed by atoms with Crippen molar-refractivity contribution < 1.29 is 0 Å². The van der Waals surface area contributed by atoms with Crippen molar-refractivity contribution in [1.29, 1.82) is 0 Å². The van der Waals surface area contributed by atoms with Crippen molar-refractivity contribution in [3.05, 3.63) is 224 Å². The van der Waals surface area contributed by atoms with Gasteiger partial charge in [-0.2, -0.15) is 0 Å². The molecule has 0 atom stereocenters. The van der Waals surface area contributed by atoms with Crippen LogP contribution >= 0.6 is 11.3 Å². The second-order valence-corrected chi connectivity index (χ2v) is 16.2. The van der Waals surface area contributed by atoms with Gasteiger partial charge in [-0.25, -0.2) is 15.0 Å². The van der Waals surface area contributed by atoms with Crippen LogP contribution < -0.4 is 0 Å². The number of hydrogen-bond acceptors (Lipinski definition) is 4. The fourth-order valence-corrected chi connectivity index (χ4v) is 9.61. The highest BCUT2D eigenvalue weighted by Crippen LogP contribution is 2.46. The summed E-state index contributed by atoms with van der Waals surface area (Å²) in [6.45, 7) is 0. The Morgan fingerprint density at radius 1 is 0.230 bits per heavy atom. The highest BCUT2D eigenvalue weighted by atomic mass is 32.1. The molecule has 0 unspecified atom stereocenters. The molecule has 2 heterocycles. The Morgan fingerprint density at radius 3 is 1.16 bits per heavy atom. The van der Waals surface area contributed by atoms with Crippen LogP contribution in [0, 0.1) is 0 Å². The molecule has 0 fully saturated rings. The van der Waals surface area contributed by atoms with Gasteiger partial charge < -0.3 is 0 Å². The Bertz CT molecular complexity index is 3220. The molecule has 286 valence electrons. The van der Waals surface area contributed by atoms with E-state index in [0.717, 1.165) is 44.5 Å². The second kappa shape index (κ2) is 15.8. The molecule has 3 nitrogen and oxygen atoms in total. The molecule has 0 aliphatic rings. The van der Waals surface area contributed by atoms with E-state index in [1.165, 1.54) is 48.0 Å². The molecule has 0 saturated heterocycles.